The summed E-state index contributed by atoms with van der Waals surface area (Å²) >= 11 is 8.15. The molecule has 1 atom stereocenters. The van der Waals surface area contributed by atoms with Crippen LogP contribution in [0.5, 0.6) is 11.5 Å². The Bertz CT molecular complexity index is 1380. The van der Waals surface area contributed by atoms with E-state index in [4.69, 9.17) is 21.1 Å². The highest BCUT2D eigenvalue weighted by Crippen LogP contribution is 2.52. The van der Waals surface area contributed by atoms with Gasteiger partial charge in [0.1, 0.15) is 0 Å². The van der Waals surface area contributed by atoms with Crippen molar-refractivity contribution in [3.8, 4) is 11.5 Å². The summed E-state index contributed by atoms with van der Waals surface area (Å²) in [6.45, 7) is 10.8. The summed E-state index contributed by atoms with van der Waals surface area (Å²) in [7, 11) is 0. The smallest absolute Gasteiger partial charge is 0.254 e. The summed E-state index contributed by atoms with van der Waals surface area (Å²) in [5.41, 5.74) is 2.24. The van der Waals surface area contributed by atoms with Crippen LogP contribution < -0.4 is 20.3 Å². The predicted octanol–water partition coefficient (Wildman–Crippen LogP) is 5.12. The van der Waals surface area contributed by atoms with Crippen molar-refractivity contribution < 1.29 is 14.3 Å². The molecule has 3 aliphatic heterocycles. The molecular weight excluding hydrogens is 560 g/mol. The zero-order valence-corrected chi connectivity index (χ0v) is 26.1. The largest absolute Gasteiger partial charge is 0.448 e. The molecule has 41 heavy (non-hydrogen) atoms. The van der Waals surface area contributed by atoms with Crippen LogP contribution >= 0.6 is 23.4 Å². The highest BCUT2D eigenvalue weighted by atomic mass is 35.5. The minimum absolute atomic E-state index is 0.118. The van der Waals surface area contributed by atoms with Gasteiger partial charge in [-0.15, -0.1) is 11.8 Å². The number of amides is 1. The van der Waals surface area contributed by atoms with Crippen molar-refractivity contribution in [1.82, 2.24) is 20.1 Å². The number of aromatic nitrogens is 1. The standard InChI is InChI=1S/C31H41ClN4O4S/c1-18-13-26(41-4)24(30(38)34-18)15-33-29(37)23-14-25(32)28-27(19(23)2)39-31(3,40-28)20-7-9-21(10-8-20)36-16-22(17-36)35-11-5-6-12-35/h13-14,20-22H,5-12,15-17H2,1-4H3,(H,33,37)(H,34,38)/t20-,21+,31-/m1/s1. The number of fused-ring (bicyclic) bond motifs is 1. The Labute approximate surface area is 251 Å². The van der Waals surface area contributed by atoms with E-state index in [-0.39, 0.29) is 23.9 Å². The third-order valence-corrected chi connectivity index (χ3v) is 10.8. The summed E-state index contributed by atoms with van der Waals surface area (Å²) < 4.78 is 13.0. The van der Waals surface area contributed by atoms with Gasteiger partial charge in [0.15, 0.2) is 11.5 Å². The van der Waals surface area contributed by atoms with E-state index in [9.17, 15) is 9.59 Å². The Morgan fingerprint density at radius 2 is 1.76 bits per heavy atom. The van der Waals surface area contributed by atoms with Crippen LogP contribution in [-0.2, 0) is 6.54 Å². The lowest BCUT2D eigenvalue weighted by molar-refractivity contribution is -0.127. The molecule has 0 unspecified atom stereocenters. The van der Waals surface area contributed by atoms with E-state index in [0.717, 1.165) is 42.3 Å². The molecule has 2 N–H and O–H groups in total. The lowest BCUT2D eigenvalue weighted by atomic mass is 9.80. The fraction of sp³-hybridized carbons (Fsp3) is 0.613. The molecular formula is C31H41ClN4O4S. The van der Waals surface area contributed by atoms with Gasteiger partial charge in [0, 0.05) is 71.8 Å². The molecule has 1 aromatic heterocycles. The van der Waals surface area contributed by atoms with Crippen LogP contribution in [0.1, 0.15) is 72.6 Å². The van der Waals surface area contributed by atoms with Gasteiger partial charge in [0.25, 0.3) is 17.3 Å². The van der Waals surface area contributed by atoms with Gasteiger partial charge >= 0.3 is 0 Å². The maximum absolute atomic E-state index is 13.3. The molecule has 3 fully saturated rings. The number of benzene rings is 1. The van der Waals surface area contributed by atoms with E-state index in [1.165, 1.54) is 50.8 Å². The Hall–Kier alpha value is -2.20. The summed E-state index contributed by atoms with van der Waals surface area (Å²) in [5, 5.41) is 3.27. The second kappa shape index (κ2) is 11.5. The summed E-state index contributed by atoms with van der Waals surface area (Å²) in [5.74, 6) is 0.181. The lowest BCUT2D eigenvalue weighted by Crippen LogP contribution is -2.62. The first-order valence-corrected chi connectivity index (χ1v) is 16.5. The lowest BCUT2D eigenvalue weighted by Gasteiger charge is -2.50. The molecule has 1 aliphatic carbocycles. The number of halogens is 1. The average Bonchev–Trinajstić information content (AvgIpc) is 3.58. The number of carbonyl (C=O) groups is 1. The van der Waals surface area contributed by atoms with Gasteiger partial charge in [-0.25, -0.2) is 0 Å². The number of thioether (sulfide) groups is 1. The van der Waals surface area contributed by atoms with Gasteiger partial charge in [-0.05, 0) is 83.9 Å². The molecule has 10 heteroatoms. The highest BCUT2D eigenvalue weighted by molar-refractivity contribution is 7.98. The van der Waals surface area contributed by atoms with Crippen molar-refractivity contribution >= 4 is 29.3 Å². The van der Waals surface area contributed by atoms with Gasteiger partial charge in [0.05, 0.1) is 5.02 Å². The van der Waals surface area contributed by atoms with Crippen molar-refractivity contribution in [2.24, 2.45) is 5.92 Å². The van der Waals surface area contributed by atoms with Crippen LogP contribution in [0.3, 0.4) is 0 Å². The van der Waals surface area contributed by atoms with E-state index in [2.05, 4.69) is 20.1 Å². The van der Waals surface area contributed by atoms with Crippen LogP contribution in [0.25, 0.3) is 0 Å². The van der Waals surface area contributed by atoms with Crippen LogP contribution in [0, 0.1) is 19.8 Å². The molecule has 222 valence electrons. The third-order valence-electron chi connectivity index (χ3n) is 9.67. The van der Waals surface area contributed by atoms with Crippen molar-refractivity contribution in [2.75, 3.05) is 32.4 Å². The molecule has 0 bridgehead atoms. The number of aromatic amines is 1. The molecule has 4 heterocycles. The monoisotopic (exact) mass is 600 g/mol. The molecule has 1 saturated carbocycles. The molecule has 8 nitrogen and oxygen atoms in total. The zero-order chi connectivity index (χ0) is 28.9. The molecule has 1 aromatic carbocycles. The number of aryl methyl sites for hydroxylation is 1. The Morgan fingerprint density at radius 1 is 1.07 bits per heavy atom. The van der Waals surface area contributed by atoms with Gasteiger partial charge < -0.3 is 19.8 Å². The van der Waals surface area contributed by atoms with Crippen molar-refractivity contribution in [3.05, 3.63) is 49.9 Å². The molecule has 6 rings (SSSR count). The summed E-state index contributed by atoms with van der Waals surface area (Å²) in [4.78, 5) is 34.8. The number of hydrogen-bond donors (Lipinski definition) is 2. The number of hydrogen-bond acceptors (Lipinski definition) is 7. The summed E-state index contributed by atoms with van der Waals surface area (Å²) in [6.07, 6.45) is 8.98. The fourth-order valence-corrected chi connectivity index (χ4v) is 8.08. The van der Waals surface area contributed by atoms with Gasteiger partial charge in [0.2, 0.25) is 0 Å². The number of H-pyrrole nitrogens is 1. The van der Waals surface area contributed by atoms with E-state index >= 15 is 0 Å². The topological polar surface area (TPSA) is 86.9 Å². The first kappa shape index (κ1) is 28.9. The first-order chi connectivity index (χ1) is 19.7. The van der Waals surface area contributed by atoms with Crippen LogP contribution in [0.4, 0.5) is 0 Å². The van der Waals surface area contributed by atoms with Gasteiger partial charge in [-0.1, -0.05) is 11.6 Å². The second-order valence-corrected chi connectivity index (χ2v) is 13.5. The van der Waals surface area contributed by atoms with Crippen LogP contribution in [-0.4, -0.2) is 71.0 Å². The van der Waals surface area contributed by atoms with Crippen molar-refractivity contribution in [3.63, 3.8) is 0 Å². The van der Waals surface area contributed by atoms with Gasteiger partial charge in [-0.3, -0.25) is 19.4 Å². The Balaban J connectivity index is 1.09. The number of rotatable bonds is 7. The van der Waals surface area contributed by atoms with Crippen LogP contribution in [0.2, 0.25) is 5.02 Å². The maximum atomic E-state index is 13.3. The predicted molar refractivity (Wildman–Crippen MR) is 163 cm³/mol. The SMILES string of the molecule is CSc1cc(C)[nH]c(=O)c1CNC(=O)c1cc(Cl)c2c(c1C)O[C@@](C)([C@H]1CC[C@@H](N3CC(N4CCCC4)C3)CC1)O2. The number of likely N-dealkylation sites (tertiary alicyclic amines) is 2. The molecule has 1 amide bonds. The van der Waals surface area contributed by atoms with E-state index in [0.29, 0.717) is 39.3 Å². The van der Waals surface area contributed by atoms with E-state index in [1.54, 1.807) is 6.07 Å². The number of ether oxygens (including phenoxy) is 2. The molecule has 0 spiro atoms. The number of carbonyl (C=O) groups excluding carboxylic acids is 1. The number of nitrogens with zero attached hydrogens (tertiary/aromatic N) is 2. The highest BCUT2D eigenvalue weighted by Gasteiger charge is 2.48. The normalized spacial score (nSPS) is 26.8. The fourth-order valence-electron chi connectivity index (χ4n) is 7.14. The molecule has 2 aromatic rings. The van der Waals surface area contributed by atoms with Crippen LogP contribution in [0.15, 0.2) is 21.8 Å². The number of nitrogens with one attached hydrogen (secondary N) is 2. The second-order valence-electron chi connectivity index (χ2n) is 12.3. The average molecular weight is 601 g/mol. The third kappa shape index (κ3) is 5.51. The minimum Gasteiger partial charge on any atom is -0.448 e. The van der Waals surface area contributed by atoms with Crippen molar-refractivity contribution in [2.45, 2.75) is 88.6 Å². The van der Waals surface area contributed by atoms with E-state index < -0.39 is 5.79 Å². The Kier molecular flexibility index (Phi) is 8.09. The minimum atomic E-state index is -0.813. The number of pyridine rings is 1. The maximum Gasteiger partial charge on any atom is 0.254 e. The van der Waals surface area contributed by atoms with Gasteiger partial charge in [-0.2, -0.15) is 0 Å². The molecule has 4 aliphatic rings. The quantitative estimate of drug-likeness (QED) is 0.427. The summed E-state index contributed by atoms with van der Waals surface area (Å²) in [6, 6.07) is 4.96. The zero-order valence-electron chi connectivity index (χ0n) is 24.5. The molecule has 2 saturated heterocycles. The molecule has 0 radical (unpaired) electrons. The van der Waals surface area contributed by atoms with E-state index in [1.807, 2.05) is 33.1 Å². The first-order valence-electron chi connectivity index (χ1n) is 14.9. The van der Waals surface area contributed by atoms with Crippen molar-refractivity contribution in [1.29, 1.82) is 0 Å². The Morgan fingerprint density at radius 3 is 2.44 bits per heavy atom.